The first kappa shape index (κ1) is 20.4. The second kappa shape index (κ2) is 8.10. The lowest BCUT2D eigenvalue weighted by molar-refractivity contribution is -0.135. The van der Waals surface area contributed by atoms with E-state index in [4.69, 9.17) is 4.74 Å². The normalized spacial score (nSPS) is 24.2. The maximum Gasteiger partial charge on any atom is 0.223 e. The van der Waals surface area contributed by atoms with Crippen LogP contribution < -0.4 is 4.74 Å². The van der Waals surface area contributed by atoms with Gasteiger partial charge in [-0.05, 0) is 55.4 Å². The van der Waals surface area contributed by atoms with E-state index in [0.29, 0.717) is 31.0 Å². The molecule has 1 saturated carbocycles. The van der Waals surface area contributed by atoms with E-state index in [2.05, 4.69) is 30.6 Å². The first-order valence-corrected chi connectivity index (χ1v) is 11.1. The number of fused-ring (bicyclic) bond motifs is 2. The number of carbonyl (C=O) groups is 2. The van der Waals surface area contributed by atoms with E-state index < -0.39 is 0 Å². The third kappa shape index (κ3) is 5.00. The molecule has 2 unspecified atom stereocenters. The SMILES string of the molecule is CC(C)(C)CC(=O)N1CC2CC1CN2CCCOc1ccc(C(=O)C2CC2)cc1. The van der Waals surface area contributed by atoms with E-state index in [9.17, 15) is 9.59 Å². The summed E-state index contributed by atoms with van der Waals surface area (Å²) in [6.45, 7) is 9.96. The second-order valence-electron chi connectivity index (χ2n) is 10.2. The Balaban J connectivity index is 1.16. The molecule has 1 aliphatic carbocycles. The van der Waals surface area contributed by atoms with Crippen molar-refractivity contribution in [1.29, 1.82) is 0 Å². The lowest BCUT2D eigenvalue weighted by Gasteiger charge is -2.35. The highest BCUT2D eigenvalue weighted by Gasteiger charge is 2.45. The Bertz CT molecular complexity index is 748. The summed E-state index contributed by atoms with van der Waals surface area (Å²) in [7, 11) is 0. The van der Waals surface area contributed by atoms with Crippen LogP contribution in [0.4, 0.5) is 0 Å². The molecule has 2 saturated heterocycles. The third-order valence-electron chi connectivity index (χ3n) is 6.30. The Hall–Kier alpha value is -1.88. The van der Waals surface area contributed by atoms with Crippen LogP contribution in [0.15, 0.2) is 24.3 Å². The van der Waals surface area contributed by atoms with Crippen molar-refractivity contribution in [2.45, 2.75) is 65.0 Å². The summed E-state index contributed by atoms with van der Waals surface area (Å²) in [6.07, 6.45) is 4.81. The van der Waals surface area contributed by atoms with Gasteiger partial charge in [0.25, 0.3) is 0 Å². The fraction of sp³-hybridized carbons (Fsp3) is 0.667. The van der Waals surface area contributed by atoms with Gasteiger partial charge >= 0.3 is 0 Å². The molecule has 1 aromatic carbocycles. The molecule has 1 aromatic rings. The molecule has 2 atom stereocenters. The van der Waals surface area contributed by atoms with Gasteiger partial charge in [0.15, 0.2) is 5.78 Å². The van der Waals surface area contributed by atoms with Crippen molar-refractivity contribution >= 4 is 11.7 Å². The average molecular weight is 399 g/mol. The van der Waals surface area contributed by atoms with Gasteiger partial charge in [-0.15, -0.1) is 0 Å². The molecule has 1 amide bonds. The Morgan fingerprint density at radius 3 is 2.38 bits per heavy atom. The maximum absolute atomic E-state index is 12.5. The van der Waals surface area contributed by atoms with Crippen LogP contribution in [0, 0.1) is 11.3 Å². The molecule has 2 bridgehead atoms. The molecule has 5 heteroatoms. The summed E-state index contributed by atoms with van der Waals surface area (Å²) >= 11 is 0. The molecule has 29 heavy (non-hydrogen) atoms. The summed E-state index contributed by atoms with van der Waals surface area (Å²) in [5, 5.41) is 0. The maximum atomic E-state index is 12.5. The smallest absolute Gasteiger partial charge is 0.223 e. The van der Waals surface area contributed by atoms with Crippen LogP contribution >= 0.6 is 0 Å². The summed E-state index contributed by atoms with van der Waals surface area (Å²) in [4.78, 5) is 29.2. The fourth-order valence-corrected chi connectivity index (χ4v) is 4.64. The molecule has 2 aliphatic heterocycles. The minimum Gasteiger partial charge on any atom is -0.494 e. The first-order chi connectivity index (χ1) is 13.8. The van der Waals surface area contributed by atoms with Gasteiger partial charge < -0.3 is 9.64 Å². The monoisotopic (exact) mass is 398 g/mol. The Morgan fingerprint density at radius 1 is 1.07 bits per heavy atom. The van der Waals surface area contributed by atoms with Gasteiger partial charge in [-0.2, -0.15) is 0 Å². The number of Topliss-reactive ketones (excluding diaryl/α,β-unsaturated/α-hetero) is 1. The van der Waals surface area contributed by atoms with Gasteiger partial charge in [0.1, 0.15) is 5.75 Å². The number of likely N-dealkylation sites (tertiary alicyclic amines) is 2. The van der Waals surface area contributed by atoms with E-state index >= 15 is 0 Å². The number of rotatable bonds is 8. The predicted octanol–water partition coefficient (Wildman–Crippen LogP) is 3.77. The second-order valence-corrected chi connectivity index (χ2v) is 10.2. The molecule has 0 N–H and O–H groups in total. The number of benzene rings is 1. The number of hydrogen-bond acceptors (Lipinski definition) is 4. The number of piperazine rings is 1. The molecular weight excluding hydrogens is 364 g/mol. The lowest BCUT2D eigenvalue weighted by Crippen LogP contribution is -2.49. The number of hydrogen-bond donors (Lipinski definition) is 0. The van der Waals surface area contributed by atoms with Crippen molar-refractivity contribution in [3.63, 3.8) is 0 Å². The summed E-state index contributed by atoms with van der Waals surface area (Å²) < 4.78 is 5.87. The topological polar surface area (TPSA) is 49.9 Å². The van der Waals surface area contributed by atoms with Crippen molar-refractivity contribution < 1.29 is 14.3 Å². The van der Waals surface area contributed by atoms with Crippen LogP contribution in [0.3, 0.4) is 0 Å². The molecule has 0 spiro atoms. The minimum absolute atomic E-state index is 0.0549. The van der Waals surface area contributed by atoms with Crippen LogP contribution in [-0.4, -0.2) is 59.8 Å². The van der Waals surface area contributed by atoms with Gasteiger partial charge in [-0.25, -0.2) is 0 Å². The van der Waals surface area contributed by atoms with Crippen LogP contribution in [-0.2, 0) is 4.79 Å². The summed E-state index contributed by atoms with van der Waals surface area (Å²) in [5.74, 6) is 1.68. The number of nitrogens with zero attached hydrogens (tertiary/aromatic N) is 2. The molecular formula is C24H34N2O3. The zero-order chi connectivity index (χ0) is 20.6. The highest BCUT2D eigenvalue weighted by atomic mass is 16.5. The molecule has 0 aromatic heterocycles. The van der Waals surface area contributed by atoms with E-state index in [1.165, 1.54) is 0 Å². The molecule has 4 rings (SSSR count). The van der Waals surface area contributed by atoms with Crippen LogP contribution in [0.1, 0.15) is 63.2 Å². The number of ether oxygens (including phenoxy) is 1. The van der Waals surface area contributed by atoms with Gasteiger partial charge in [0.05, 0.1) is 6.61 Å². The zero-order valence-electron chi connectivity index (χ0n) is 18.0. The molecule has 3 fully saturated rings. The van der Waals surface area contributed by atoms with E-state index in [0.717, 1.165) is 56.6 Å². The molecule has 3 aliphatic rings. The molecule has 2 heterocycles. The van der Waals surface area contributed by atoms with Gasteiger partial charge in [-0.1, -0.05) is 20.8 Å². The zero-order valence-corrected chi connectivity index (χ0v) is 18.0. The van der Waals surface area contributed by atoms with Crippen molar-refractivity contribution in [3.05, 3.63) is 29.8 Å². The summed E-state index contributed by atoms with van der Waals surface area (Å²) in [5.41, 5.74) is 0.859. The standard InChI is InChI=1S/C24H34N2O3/c1-24(2,3)14-22(27)26-16-19-13-20(26)15-25(19)11-4-12-29-21-9-7-18(8-10-21)23(28)17-5-6-17/h7-10,17,19-20H,4-6,11-16H2,1-3H3. The highest BCUT2D eigenvalue weighted by molar-refractivity contribution is 5.99. The summed E-state index contributed by atoms with van der Waals surface area (Å²) in [6, 6.07) is 8.50. The Kier molecular flexibility index (Phi) is 5.69. The first-order valence-electron chi connectivity index (χ1n) is 11.1. The minimum atomic E-state index is 0.0549. The number of amides is 1. The molecule has 158 valence electrons. The van der Waals surface area contributed by atoms with Gasteiger partial charge in [0.2, 0.25) is 5.91 Å². The van der Waals surface area contributed by atoms with E-state index in [1.807, 2.05) is 24.3 Å². The van der Waals surface area contributed by atoms with Crippen LogP contribution in [0.25, 0.3) is 0 Å². The van der Waals surface area contributed by atoms with Gasteiger partial charge in [-0.3, -0.25) is 14.5 Å². The predicted molar refractivity (Wildman–Crippen MR) is 113 cm³/mol. The Morgan fingerprint density at radius 2 is 1.79 bits per heavy atom. The third-order valence-corrected chi connectivity index (χ3v) is 6.30. The molecule has 0 radical (unpaired) electrons. The molecule has 5 nitrogen and oxygen atoms in total. The average Bonchev–Trinajstić information content (AvgIpc) is 3.33. The highest BCUT2D eigenvalue weighted by Crippen LogP contribution is 2.34. The fourth-order valence-electron chi connectivity index (χ4n) is 4.64. The lowest BCUT2D eigenvalue weighted by atomic mass is 9.91. The van der Waals surface area contributed by atoms with E-state index in [-0.39, 0.29) is 17.1 Å². The van der Waals surface area contributed by atoms with Gasteiger partial charge in [0, 0.05) is 49.6 Å². The van der Waals surface area contributed by atoms with Crippen molar-refractivity contribution in [2.75, 3.05) is 26.2 Å². The number of ketones is 1. The van der Waals surface area contributed by atoms with Crippen molar-refractivity contribution in [3.8, 4) is 5.75 Å². The largest absolute Gasteiger partial charge is 0.494 e. The number of carbonyl (C=O) groups excluding carboxylic acids is 2. The van der Waals surface area contributed by atoms with E-state index in [1.54, 1.807) is 0 Å². The van der Waals surface area contributed by atoms with Crippen LogP contribution in [0.5, 0.6) is 5.75 Å². The quantitative estimate of drug-likeness (QED) is 0.494. The van der Waals surface area contributed by atoms with Crippen molar-refractivity contribution in [2.24, 2.45) is 11.3 Å². The van der Waals surface area contributed by atoms with Crippen LogP contribution in [0.2, 0.25) is 0 Å². The van der Waals surface area contributed by atoms with Crippen molar-refractivity contribution in [1.82, 2.24) is 9.80 Å². The Labute approximate surface area is 174 Å².